The summed E-state index contributed by atoms with van der Waals surface area (Å²) in [6, 6.07) is 4.32. The first-order chi connectivity index (χ1) is 8.90. The molecule has 0 spiro atoms. The Morgan fingerprint density at radius 3 is 2.26 bits per heavy atom. The number of nitrogens with zero attached hydrogens (tertiary/aromatic N) is 1. The Morgan fingerprint density at radius 1 is 1.16 bits per heavy atom. The van der Waals surface area contributed by atoms with E-state index >= 15 is 0 Å². The summed E-state index contributed by atoms with van der Waals surface area (Å²) in [6.45, 7) is 0. The Kier molecular flexibility index (Phi) is 3.85. The van der Waals surface area contributed by atoms with Crippen LogP contribution < -0.4 is 5.73 Å². The van der Waals surface area contributed by atoms with Crippen LogP contribution in [0.1, 0.15) is 10.4 Å². The summed E-state index contributed by atoms with van der Waals surface area (Å²) in [4.78, 5) is 15.1. The van der Waals surface area contributed by atoms with E-state index in [2.05, 4.69) is 4.98 Å². The summed E-state index contributed by atoms with van der Waals surface area (Å²) in [6.07, 6.45) is 1.36. The third-order valence-corrected chi connectivity index (χ3v) is 3.65. The van der Waals surface area contributed by atoms with Gasteiger partial charge in [-0.15, -0.1) is 0 Å². The van der Waals surface area contributed by atoms with E-state index < -0.39 is 5.97 Å². The molecule has 0 fully saturated rings. The molecule has 7 heteroatoms. The van der Waals surface area contributed by atoms with Gasteiger partial charge in [0.15, 0.2) is 0 Å². The van der Waals surface area contributed by atoms with E-state index in [1.54, 1.807) is 0 Å². The second kappa shape index (κ2) is 5.25. The molecule has 98 valence electrons. The highest BCUT2D eigenvalue weighted by molar-refractivity contribution is 6.48. The molecule has 1 aromatic carbocycles. The van der Waals surface area contributed by atoms with Crippen LogP contribution in [0.2, 0.25) is 15.1 Å². The van der Waals surface area contributed by atoms with Gasteiger partial charge in [0.25, 0.3) is 0 Å². The van der Waals surface area contributed by atoms with Crippen LogP contribution in [0.15, 0.2) is 24.4 Å². The van der Waals surface area contributed by atoms with Gasteiger partial charge in [0.2, 0.25) is 0 Å². The van der Waals surface area contributed by atoms with Gasteiger partial charge in [-0.25, -0.2) is 9.78 Å². The fourth-order valence-corrected chi connectivity index (χ4v) is 2.19. The molecule has 0 amide bonds. The zero-order valence-corrected chi connectivity index (χ0v) is 11.6. The van der Waals surface area contributed by atoms with Crippen LogP contribution in [-0.2, 0) is 0 Å². The summed E-state index contributed by atoms with van der Waals surface area (Å²) in [5.41, 5.74) is 6.36. The summed E-state index contributed by atoms with van der Waals surface area (Å²) in [5.74, 6) is -1.00. The number of rotatable bonds is 2. The number of nitrogens with two attached hydrogens (primary N) is 1. The van der Waals surface area contributed by atoms with Crippen molar-refractivity contribution in [1.29, 1.82) is 0 Å². The van der Waals surface area contributed by atoms with Crippen LogP contribution in [-0.4, -0.2) is 16.1 Å². The van der Waals surface area contributed by atoms with Crippen molar-refractivity contribution >= 4 is 46.6 Å². The van der Waals surface area contributed by atoms with Gasteiger partial charge in [-0.2, -0.15) is 0 Å². The number of benzene rings is 1. The molecule has 0 unspecified atom stereocenters. The predicted molar refractivity (Wildman–Crippen MR) is 76.1 cm³/mol. The van der Waals surface area contributed by atoms with E-state index in [0.29, 0.717) is 11.1 Å². The highest BCUT2D eigenvalue weighted by atomic mass is 35.5. The standard InChI is InChI=1S/C12H7Cl3N2O2/c13-8-1-5(2-9(14)11(8)15)7-4-17-10(16)3-6(7)12(18)19/h1-4H,(H2,16,17)(H,18,19). The number of carboxylic acids is 1. The van der Waals surface area contributed by atoms with E-state index in [0.717, 1.165) is 0 Å². The molecule has 19 heavy (non-hydrogen) atoms. The number of carbonyl (C=O) groups is 1. The second-order valence-electron chi connectivity index (χ2n) is 3.71. The lowest BCUT2D eigenvalue weighted by atomic mass is 10.0. The third kappa shape index (κ3) is 2.76. The fraction of sp³-hybridized carbons (Fsp3) is 0. The normalized spacial score (nSPS) is 10.5. The molecule has 0 aliphatic rings. The molecule has 0 saturated heterocycles. The number of halogens is 3. The van der Waals surface area contributed by atoms with Gasteiger partial charge in [-0.1, -0.05) is 34.8 Å². The molecule has 1 heterocycles. The minimum atomic E-state index is -1.12. The van der Waals surface area contributed by atoms with Crippen LogP contribution >= 0.6 is 34.8 Å². The highest BCUT2D eigenvalue weighted by Gasteiger charge is 2.15. The van der Waals surface area contributed by atoms with Crippen molar-refractivity contribution in [3.05, 3.63) is 45.0 Å². The van der Waals surface area contributed by atoms with Gasteiger partial charge in [0.05, 0.1) is 20.6 Å². The quantitative estimate of drug-likeness (QED) is 0.821. The van der Waals surface area contributed by atoms with Crippen LogP contribution in [0.3, 0.4) is 0 Å². The number of carboxylic acid groups (broad SMARTS) is 1. The van der Waals surface area contributed by atoms with Crippen molar-refractivity contribution < 1.29 is 9.90 Å². The van der Waals surface area contributed by atoms with E-state index in [4.69, 9.17) is 45.6 Å². The van der Waals surface area contributed by atoms with Gasteiger partial charge in [0.1, 0.15) is 5.82 Å². The first-order valence-corrected chi connectivity index (χ1v) is 6.17. The lowest BCUT2D eigenvalue weighted by Crippen LogP contribution is -2.03. The van der Waals surface area contributed by atoms with Gasteiger partial charge in [0, 0.05) is 11.8 Å². The highest BCUT2D eigenvalue weighted by Crippen LogP contribution is 2.36. The van der Waals surface area contributed by atoms with Crippen molar-refractivity contribution in [2.75, 3.05) is 5.73 Å². The minimum absolute atomic E-state index is 0.0157. The Labute approximate surface area is 123 Å². The molecule has 0 saturated carbocycles. The minimum Gasteiger partial charge on any atom is -0.478 e. The van der Waals surface area contributed by atoms with Crippen molar-refractivity contribution in [3.63, 3.8) is 0 Å². The second-order valence-corrected chi connectivity index (χ2v) is 4.91. The molecule has 0 atom stereocenters. The monoisotopic (exact) mass is 316 g/mol. The SMILES string of the molecule is Nc1cc(C(=O)O)c(-c2cc(Cl)c(Cl)c(Cl)c2)cn1. The number of aromatic nitrogens is 1. The molecule has 3 N–H and O–H groups in total. The summed E-state index contributed by atoms with van der Waals surface area (Å²) < 4.78 is 0. The van der Waals surface area contributed by atoms with E-state index in [-0.39, 0.29) is 26.4 Å². The van der Waals surface area contributed by atoms with Gasteiger partial charge < -0.3 is 10.8 Å². The van der Waals surface area contributed by atoms with Gasteiger partial charge in [-0.3, -0.25) is 0 Å². The number of nitrogen functional groups attached to an aromatic ring is 1. The molecule has 2 rings (SSSR count). The average Bonchev–Trinajstić information content (AvgIpc) is 2.35. The smallest absolute Gasteiger partial charge is 0.336 e. The third-order valence-electron chi connectivity index (χ3n) is 2.45. The van der Waals surface area contributed by atoms with Crippen molar-refractivity contribution in [1.82, 2.24) is 4.98 Å². The lowest BCUT2D eigenvalue weighted by molar-refractivity contribution is 0.0697. The van der Waals surface area contributed by atoms with E-state index in [1.165, 1.54) is 24.4 Å². The average molecular weight is 318 g/mol. The fourth-order valence-electron chi connectivity index (χ4n) is 1.59. The Hall–Kier alpha value is -1.49. The number of hydrogen-bond donors (Lipinski definition) is 2. The largest absolute Gasteiger partial charge is 0.478 e. The summed E-state index contributed by atoms with van der Waals surface area (Å²) >= 11 is 17.7. The summed E-state index contributed by atoms with van der Waals surface area (Å²) in [7, 11) is 0. The lowest BCUT2D eigenvalue weighted by Gasteiger charge is -2.09. The maximum absolute atomic E-state index is 11.2. The number of anilines is 1. The van der Waals surface area contributed by atoms with Crippen LogP contribution in [0.5, 0.6) is 0 Å². The van der Waals surface area contributed by atoms with Crippen LogP contribution in [0.25, 0.3) is 11.1 Å². The maximum Gasteiger partial charge on any atom is 0.336 e. The van der Waals surface area contributed by atoms with E-state index in [1.807, 2.05) is 0 Å². The maximum atomic E-state index is 11.2. The van der Waals surface area contributed by atoms with E-state index in [9.17, 15) is 4.79 Å². The molecule has 1 aromatic heterocycles. The molecular formula is C12H7Cl3N2O2. The van der Waals surface area contributed by atoms with Gasteiger partial charge in [-0.05, 0) is 23.8 Å². The number of pyridine rings is 1. The van der Waals surface area contributed by atoms with Crippen LogP contribution in [0.4, 0.5) is 5.82 Å². The number of aromatic carboxylic acids is 1. The first-order valence-electron chi connectivity index (χ1n) is 5.04. The Bertz CT molecular complexity index is 651. The first kappa shape index (κ1) is 13.9. The zero-order chi connectivity index (χ0) is 14.2. The predicted octanol–water partition coefficient (Wildman–Crippen LogP) is 3.99. The molecule has 2 aromatic rings. The molecule has 0 aliphatic heterocycles. The molecular weight excluding hydrogens is 311 g/mol. The van der Waals surface area contributed by atoms with Crippen molar-refractivity contribution in [2.24, 2.45) is 0 Å². The Balaban J connectivity index is 2.68. The molecule has 4 nitrogen and oxygen atoms in total. The van der Waals surface area contributed by atoms with Gasteiger partial charge >= 0.3 is 5.97 Å². The molecule has 0 bridgehead atoms. The summed E-state index contributed by atoms with van der Waals surface area (Å²) in [5, 5.41) is 9.85. The van der Waals surface area contributed by atoms with Crippen molar-refractivity contribution in [2.45, 2.75) is 0 Å². The van der Waals surface area contributed by atoms with Crippen molar-refractivity contribution in [3.8, 4) is 11.1 Å². The molecule has 0 radical (unpaired) electrons. The molecule has 0 aliphatic carbocycles. The van der Waals surface area contributed by atoms with Crippen LogP contribution in [0, 0.1) is 0 Å². The number of hydrogen-bond acceptors (Lipinski definition) is 3. The Morgan fingerprint density at radius 2 is 1.74 bits per heavy atom. The topological polar surface area (TPSA) is 76.2 Å². The zero-order valence-electron chi connectivity index (χ0n) is 9.32.